The third-order valence-corrected chi connectivity index (χ3v) is 4.11. The smallest absolute Gasteiger partial charge is 0.168 e. The molecule has 0 heterocycles. The molecule has 0 aliphatic heterocycles. The number of phenolic OH excluding ortho intramolecular Hbond substituents is 2. The number of aromatic hydroxyl groups is 2. The van der Waals surface area contributed by atoms with E-state index in [1.807, 2.05) is 0 Å². The highest BCUT2D eigenvalue weighted by molar-refractivity contribution is 5.82. The summed E-state index contributed by atoms with van der Waals surface area (Å²) in [6.07, 6.45) is 2.67. The van der Waals surface area contributed by atoms with E-state index in [-0.39, 0.29) is 23.0 Å². The van der Waals surface area contributed by atoms with Crippen LogP contribution in [-0.4, -0.2) is 16.5 Å². The molecule has 3 heteroatoms. The Kier molecular flexibility index (Phi) is 3.33. The maximum Gasteiger partial charge on any atom is 0.168 e. The molecule has 3 nitrogen and oxygen atoms in total. The molecule has 0 saturated heterocycles. The summed E-state index contributed by atoms with van der Waals surface area (Å²) in [7, 11) is 0. The van der Waals surface area contributed by atoms with Gasteiger partial charge in [0.15, 0.2) is 17.8 Å². The van der Waals surface area contributed by atoms with E-state index in [9.17, 15) is 15.0 Å². The Hall–Kier alpha value is -1.51. The lowest BCUT2D eigenvalue weighted by Crippen LogP contribution is -2.17. The fourth-order valence-electron chi connectivity index (χ4n) is 3.05. The number of aldehydes is 1. The molecule has 0 saturated carbocycles. The van der Waals surface area contributed by atoms with Crippen molar-refractivity contribution in [3.05, 3.63) is 22.8 Å². The van der Waals surface area contributed by atoms with Crippen molar-refractivity contribution in [2.45, 2.75) is 45.4 Å². The Balaban J connectivity index is 2.67. The Bertz CT molecular complexity index is 477. The number of carbonyl (C=O) groups is 1. The summed E-state index contributed by atoms with van der Waals surface area (Å²) in [6.45, 7) is 6.35. The molecule has 0 fully saturated rings. The lowest BCUT2D eigenvalue weighted by molar-refractivity contribution is 0.112. The van der Waals surface area contributed by atoms with Gasteiger partial charge in [-0.15, -0.1) is 0 Å². The summed E-state index contributed by atoms with van der Waals surface area (Å²) in [6, 6.07) is 1.75. The van der Waals surface area contributed by atoms with E-state index in [1.165, 1.54) is 0 Å². The molecule has 0 radical (unpaired) electrons. The average Bonchev–Trinajstić information content (AvgIpc) is 2.33. The lowest BCUT2D eigenvalue weighted by Gasteiger charge is -2.33. The monoisotopic (exact) mass is 248 g/mol. The van der Waals surface area contributed by atoms with Crippen molar-refractivity contribution in [3.8, 4) is 11.5 Å². The Morgan fingerprint density at radius 1 is 1.28 bits per heavy atom. The number of hydrogen-bond acceptors (Lipinski definition) is 3. The van der Waals surface area contributed by atoms with Gasteiger partial charge in [-0.05, 0) is 42.2 Å². The Labute approximate surface area is 107 Å². The highest BCUT2D eigenvalue weighted by atomic mass is 16.3. The maximum absolute atomic E-state index is 11.0. The predicted molar refractivity (Wildman–Crippen MR) is 70.4 cm³/mol. The molecular formula is C15H20O3. The van der Waals surface area contributed by atoms with Crippen LogP contribution in [0.1, 0.15) is 66.9 Å². The SMILES string of the molecule is CC(C)[C@@H]1CC[C@H](C)c2c1cc(C=O)c(O)c2O. The molecule has 98 valence electrons. The summed E-state index contributed by atoms with van der Waals surface area (Å²) in [5, 5.41) is 19.9. The minimum atomic E-state index is -0.278. The first-order valence-corrected chi connectivity index (χ1v) is 6.51. The van der Waals surface area contributed by atoms with Crippen LogP contribution in [0.25, 0.3) is 0 Å². The minimum Gasteiger partial charge on any atom is -0.504 e. The van der Waals surface area contributed by atoms with Crippen molar-refractivity contribution in [1.82, 2.24) is 0 Å². The van der Waals surface area contributed by atoms with Crippen LogP contribution in [0.2, 0.25) is 0 Å². The highest BCUT2D eigenvalue weighted by Crippen LogP contribution is 2.49. The molecule has 0 bridgehead atoms. The summed E-state index contributed by atoms with van der Waals surface area (Å²) in [4.78, 5) is 11.0. The number of benzene rings is 1. The second kappa shape index (κ2) is 4.63. The van der Waals surface area contributed by atoms with Gasteiger partial charge in [0.2, 0.25) is 0 Å². The van der Waals surface area contributed by atoms with Crippen LogP contribution in [0.3, 0.4) is 0 Å². The van der Waals surface area contributed by atoms with E-state index in [0.717, 1.165) is 24.0 Å². The van der Waals surface area contributed by atoms with E-state index in [2.05, 4.69) is 20.8 Å². The predicted octanol–water partition coefficient (Wildman–Crippen LogP) is 3.55. The van der Waals surface area contributed by atoms with Gasteiger partial charge in [0.25, 0.3) is 0 Å². The lowest BCUT2D eigenvalue weighted by atomic mass is 9.72. The van der Waals surface area contributed by atoms with Gasteiger partial charge in [0.05, 0.1) is 5.56 Å². The molecule has 1 aliphatic carbocycles. The summed E-state index contributed by atoms with van der Waals surface area (Å²) in [5.74, 6) is 0.648. The van der Waals surface area contributed by atoms with E-state index in [4.69, 9.17) is 0 Å². The van der Waals surface area contributed by atoms with E-state index in [1.54, 1.807) is 6.07 Å². The van der Waals surface area contributed by atoms with Gasteiger partial charge in [-0.1, -0.05) is 20.8 Å². The van der Waals surface area contributed by atoms with Gasteiger partial charge in [0.1, 0.15) is 0 Å². The third-order valence-electron chi connectivity index (χ3n) is 4.11. The molecule has 2 N–H and O–H groups in total. The molecular weight excluding hydrogens is 228 g/mol. The molecule has 0 amide bonds. The van der Waals surface area contributed by atoms with E-state index in [0.29, 0.717) is 18.1 Å². The van der Waals surface area contributed by atoms with E-state index >= 15 is 0 Å². The van der Waals surface area contributed by atoms with Crippen LogP contribution in [0.5, 0.6) is 11.5 Å². The van der Waals surface area contributed by atoms with Gasteiger partial charge in [0, 0.05) is 5.56 Å². The molecule has 0 spiro atoms. The second-order valence-corrected chi connectivity index (χ2v) is 5.61. The summed E-state index contributed by atoms with van der Waals surface area (Å²) in [5.41, 5.74) is 2.04. The van der Waals surface area contributed by atoms with Crippen LogP contribution in [0.15, 0.2) is 6.07 Å². The normalized spacial score (nSPS) is 22.9. The molecule has 2 atom stereocenters. The third kappa shape index (κ3) is 1.88. The van der Waals surface area contributed by atoms with Gasteiger partial charge in [-0.3, -0.25) is 4.79 Å². The average molecular weight is 248 g/mol. The number of carbonyl (C=O) groups excluding carboxylic acids is 1. The van der Waals surface area contributed by atoms with Crippen LogP contribution in [-0.2, 0) is 0 Å². The van der Waals surface area contributed by atoms with Gasteiger partial charge in [-0.2, -0.15) is 0 Å². The molecule has 1 aromatic carbocycles. The standard InChI is InChI=1S/C15H20O3/c1-8(2)11-5-4-9(3)13-12(11)6-10(7-16)14(17)15(13)18/h6-9,11,17-18H,4-5H2,1-3H3/t9-,11-/m0/s1. The Morgan fingerprint density at radius 2 is 1.94 bits per heavy atom. The quantitative estimate of drug-likeness (QED) is 0.621. The number of phenols is 2. The highest BCUT2D eigenvalue weighted by Gasteiger charge is 2.31. The van der Waals surface area contributed by atoms with Gasteiger partial charge in [-0.25, -0.2) is 0 Å². The molecule has 1 aromatic rings. The van der Waals surface area contributed by atoms with Crippen molar-refractivity contribution >= 4 is 6.29 Å². The van der Waals surface area contributed by atoms with Crippen molar-refractivity contribution in [1.29, 1.82) is 0 Å². The first kappa shape index (κ1) is 12.9. The summed E-state index contributed by atoms with van der Waals surface area (Å²) >= 11 is 0. The van der Waals surface area contributed by atoms with Gasteiger partial charge >= 0.3 is 0 Å². The zero-order chi connectivity index (χ0) is 13.4. The fraction of sp³-hybridized carbons (Fsp3) is 0.533. The second-order valence-electron chi connectivity index (χ2n) is 5.61. The maximum atomic E-state index is 11.0. The van der Waals surface area contributed by atoms with Crippen LogP contribution >= 0.6 is 0 Å². The van der Waals surface area contributed by atoms with Gasteiger partial charge < -0.3 is 10.2 Å². The first-order chi connectivity index (χ1) is 8.47. The molecule has 1 aliphatic rings. The minimum absolute atomic E-state index is 0.104. The molecule has 18 heavy (non-hydrogen) atoms. The van der Waals surface area contributed by atoms with Crippen LogP contribution in [0, 0.1) is 5.92 Å². The molecule has 0 unspecified atom stereocenters. The number of fused-ring (bicyclic) bond motifs is 1. The van der Waals surface area contributed by atoms with Crippen molar-refractivity contribution in [3.63, 3.8) is 0 Å². The number of hydrogen-bond donors (Lipinski definition) is 2. The zero-order valence-electron chi connectivity index (χ0n) is 11.1. The van der Waals surface area contributed by atoms with Crippen LogP contribution < -0.4 is 0 Å². The largest absolute Gasteiger partial charge is 0.504 e. The summed E-state index contributed by atoms with van der Waals surface area (Å²) < 4.78 is 0. The molecule has 0 aromatic heterocycles. The topological polar surface area (TPSA) is 57.5 Å². The van der Waals surface area contributed by atoms with Crippen molar-refractivity contribution < 1.29 is 15.0 Å². The first-order valence-electron chi connectivity index (χ1n) is 6.51. The Morgan fingerprint density at radius 3 is 2.50 bits per heavy atom. The fourth-order valence-corrected chi connectivity index (χ4v) is 3.05. The van der Waals surface area contributed by atoms with E-state index < -0.39 is 0 Å². The number of rotatable bonds is 2. The van der Waals surface area contributed by atoms with Crippen LogP contribution in [0.4, 0.5) is 0 Å². The zero-order valence-corrected chi connectivity index (χ0v) is 11.1. The van der Waals surface area contributed by atoms with Crippen molar-refractivity contribution in [2.75, 3.05) is 0 Å². The molecule has 2 rings (SSSR count). The van der Waals surface area contributed by atoms with Crippen molar-refractivity contribution in [2.24, 2.45) is 5.92 Å².